The lowest BCUT2D eigenvalue weighted by Gasteiger charge is -2.23. The van der Waals surface area contributed by atoms with Gasteiger partial charge in [0.05, 0.1) is 24.2 Å². The summed E-state index contributed by atoms with van der Waals surface area (Å²) in [5.74, 6) is -0.609. The molecule has 47 heavy (non-hydrogen) atoms. The first-order chi connectivity index (χ1) is 22.6. The van der Waals surface area contributed by atoms with Gasteiger partial charge in [-0.3, -0.25) is 9.59 Å². The van der Waals surface area contributed by atoms with E-state index in [9.17, 15) is 22.8 Å². The Balaban J connectivity index is 1.18. The second kappa shape index (κ2) is 12.9. The Morgan fingerprint density at radius 1 is 0.979 bits per heavy atom. The van der Waals surface area contributed by atoms with Gasteiger partial charge in [0.2, 0.25) is 10.0 Å². The van der Waals surface area contributed by atoms with Crippen LogP contribution in [0.1, 0.15) is 54.3 Å². The lowest BCUT2D eigenvalue weighted by molar-refractivity contribution is 0.0957. The van der Waals surface area contributed by atoms with Crippen LogP contribution in [0.5, 0.6) is 0 Å². The fraction of sp³-hybridized carbons (Fsp3) is 0.194. The number of rotatable bonds is 10. The number of hydrogen-bond acceptors (Lipinski definition) is 7. The van der Waals surface area contributed by atoms with Crippen molar-refractivity contribution in [1.82, 2.24) is 9.62 Å². The molecule has 1 saturated heterocycles. The molecule has 3 amide bonds. The molecule has 0 aromatic heterocycles. The second-order valence-electron chi connectivity index (χ2n) is 11.7. The normalized spacial score (nSPS) is 17.1. The van der Waals surface area contributed by atoms with Crippen LogP contribution in [0.4, 0.5) is 16.2 Å². The van der Waals surface area contributed by atoms with E-state index in [-0.39, 0.29) is 29.5 Å². The molecule has 240 valence electrons. The highest BCUT2D eigenvalue weighted by molar-refractivity contribution is 7.90. The van der Waals surface area contributed by atoms with Gasteiger partial charge in [0.15, 0.2) is 5.78 Å². The highest BCUT2D eigenvalue weighted by Gasteiger charge is 2.42. The quantitative estimate of drug-likeness (QED) is 0.129. The second-order valence-corrected chi connectivity index (χ2v) is 13.7. The van der Waals surface area contributed by atoms with E-state index in [1.807, 2.05) is 60.7 Å². The summed E-state index contributed by atoms with van der Waals surface area (Å²) in [6.45, 7) is 4.09. The number of carbonyl (C=O) groups excluding carboxylic acids is 3. The molecule has 2 heterocycles. The molecule has 4 aromatic rings. The van der Waals surface area contributed by atoms with Crippen LogP contribution in [0.2, 0.25) is 0 Å². The van der Waals surface area contributed by atoms with Crippen molar-refractivity contribution in [3.63, 3.8) is 0 Å². The number of hydrogen-bond donors (Lipinski definition) is 3. The largest absolute Gasteiger partial charge is 0.398 e. The third-order valence-corrected chi connectivity index (χ3v) is 10.7. The van der Waals surface area contributed by atoms with Crippen molar-refractivity contribution < 1.29 is 22.8 Å². The molecular weight excluding hydrogens is 614 g/mol. The Hall–Kier alpha value is -5.26. The highest BCUT2D eigenvalue weighted by atomic mass is 32.2. The van der Waals surface area contributed by atoms with E-state index in [0.29, 0.717) is 36.2 Å². The van der Waals surface area contributed by atoms with E-state index in [4.69, 9.17) is 11.5 Å². The highest BCUT2D eigenvalue weighted by Crippen LogP contribution is 2.37. The first-order valence-electron chi connectivity index (χ1n) is 15.3. The predicted octanol–water partition coefficient (Wildman–Crippen LogP) is 4.55. The Morgan fingerprint density at radius 3 is 2.36 bits per heavy atom. The standard InChI is InChI=1S/C36H35N5O5S/c1-2-33(47(45,46)41-22-31(39-36(41)44)24-11-7-4-8-12-24)26-14-16-32-25(20-26)17-18-40(32)35(43)28-15-13-27(21-29(28)37)34(42)30(38)19-23-9-5-3-6-10-23/h2-16,20-21,30-31,33H,1,17-19,22,37-38H2,(H,39,44). The summed E-state index contributed by atoms with van der Waals surface area (Å²) in [5.41, 5.74) is 16.8. The van der Waals surface area contributed by atoms with Crippen molar-refractivity contribution >= 4 is 39.1 Å². The number of amides is 3. The van der Waals surface area contributed by atoms with Gasteiger partial charge in [-0.2, -0.15) is 0 Å². The predicted molar refractivity (Wildman–Crippen MR) is 181 cm³/mol. The lowest BCUT2D eigenvalue weighted by atomic mass is 9.97. The smallest absolute Gasteiger partial charge is 0.331 e. The van der Waals surface area contributed by atoms with Gasteiger partial charge in [-0.25, -0.2) is 17.5 Å². The number of ketones is 1. The molecule has 1 fully saturated rings. The summed E-state index contributed by atoms with van der Waals surface area (Å²) in [7, 11) is -4.16. The van der Waals surface area contributed by atoms with Crippen molar-refractivity contribution in [3.05, 3.63) is 143 Å². The van der Waals surface area contributed by atoms with Gasteiger partial charge < -0.3 is 21.7 Å². The maximum Gasteiger partial charge on any atom is 0.331 e. The molecule has 3 unspecified atom stereocenters. The zero-order valence-corrected chi connectivity index (χ0v) is 26.4. The van der Waals surface area contributed by atoms with Gasteiger partial charge in [0, 0.05) is 23.5 Å². The fourth-order valence-corrected chi connectivity index (χ4v) is 7.86. The molecule has 4 aromatic carbocycles. The monoisotopic (exact) mass is 649 g/mol. The molecule has 0 spiro atoms. The summed E-state index contributed by atoms with van der Waals surface area (Å²) in [6, 6.07) is 26.4. The molecule has 0 radical (unpaired) electrons. The summed E-state index contributed by atoms with van der Waals surface area (Å²) < 4.78 is 28.3. The van der Waals surface area contributed by atoms with Gasteiger partial charge in [-0.15, -0.1) is 6.58 Å². The molecule has 0 aliphatic carbocycles. The Bertz CT molecular complexity index is 1970. The summed E-state index contributed by atoms with van der Waals surface area (Å²) >= 11 is 0. The zero-order valence-electron chi connectivity index (χ0n) is 25.6. The Morgan fingerprint density at radius 2 is 1.68 bits per heavy atom. The Labute approximate surface area is 273 Å². The molecule has 11 heteroatoms. The third-order valence-electron chi connectivity index (χ3n) is 8.69. The number of nitrogens with one attached hydrogen (secondary N) is 1. The van der Waals surface area contributed by atoms with Crippen LogP contribution in [-0.4, -0.2) is 49.6 Å². The van der Waals surface area contributed by atoms with E-state index >= 15 is 0 Å². The molecular formula is C36H35N5O5S. The number of Topliss-reactive ketones (excluding diaryl/α,β-unsaturated/α-hetero) is 1. The first-order valence-corrected chi connectivity index (χ1v) is 16.8. The SMILES string of the molecule is C=CC(c1ccc2c(c1)CCN2C(=O)c1ccc(C(=O)C(N)Cc2ccccc2)cc1N)S(=O)(=O)N1CC(c2ccccc2)NC1=O. The van der Waals surface area contributed by atoms with E-state index in [1.165, 1.54) is 18.2 Å². The topological polar surface area (TPSA) is 156 Å². The maximum absolute atomic E-state index is 13.7. The molecule has 0 saturated carbocycles. The van der Waals surface area contributed by atoms with Crippen LogP contribution in [-0.2, 0) is 22.9 Å². The van der Waals surface area contributed by atoms with Crippen LogP contribution in [0.15, 0.2) is 110 Å². The van der Waals surface area contributed by atoms with Crippen LogP contribution in [0, 0.1) is 0 Å². The minimum atomic E-state index is -4.16. The Kier molecular flexibility index (Phi) is 8.67. The van der Waals surface area contributed by atoms with Crippen molar-refractivity contribution in [2.75, 3.05) is 23.7 Å². The van der Waals surface area contributed by atoms with Crippen molar-refractivity contribution in [2.45, 2.75) is 30.2 Å². The number of anilines is 2. The number of nitrogens with two attached hydrogens (primary N) is 2. The van der Waals surface area contributed by atoms with Crippen LogP contribution in [0.25, 0.3) is 0 Å². The number of carbonyl (C=O) groups is 3. The first kappa shape index (κ1) is 31.7. The average molecular weight is 650 g/mol. The molecule has 2 aliphatic heterocycles. The lowest BCUT2D eigenvalue weighted by Crippen LogP contribution is -2.37. The number of fused-ring (bicyclic) bond motifs is 1. The van der Waals surface area contributed by atoms with Gasteiger partial charge in [-0.1, -0.05) is 84.9 Å². The zero-order chi connectivity index (χ0) is 33.3. The van der Waals surface area contributed by atoms with Gasteiger partial charge in [-0.05, 0) is 53.3 Å². The number of nitrogens with zero attached hydrogens (tertiary/aromatic N) is 2. The van der Waals surface area contributed by atoms with E-state index in [0.717, 1.165) is 21.0 Å². The molecule has 3 atom stereocenters. The number of urea groups is 1. The number of sulfonamides is 1. The van der Waals surface area contributed by atoms with Crippen molar-refractivity contribution in [3.8, 4) is 0 Å². The van der Waals surface area contributed by atoms with Gasteiger partial charge in [0.1, 0.15) is 5.25 Å². The molecule has 6 rings (SSSR count). The summed E-state index contributed by atoms with van der Waals surface area (Å²) in [5, 5.41) is 1.58. The fourth-order valence-electron chi connectivity index (χ4n) is 6.22. The van der Waals surface area contributed by atoms with Gasteiger partial charge in [0.25, 0.3) is 5.91 Å². The number of benzene rings is 4. The van der Waals surface area contributed by atoms with Crippen LogP contribution >= 0.6 is 0 Å². The molecule has 2 aliphatic rings. The van der Waals surface area contributed by atoms with Crippen LogP contribution in [0.3, 0.4) is 0 Å². The van der Waals surface area contributed by atoms with E-state index in [1.54, 1.807) is 29.2 Å². The number of nitrogen functional groups attached to an aromatic ring is 1. The van der Waals surface area contributed by atoms with Crippen molar-refractivity contribution in [2.24, 2.45) is 5.73 Å². The van der Waals surface area contributed by atoms with Crippen LogP contribution < -0.4 is 21.7 Å². The molecule has 5 N–H and O–H groups in total. The van der Waals surface area contributed by atoms with Crippen molar-refractivity contribution in [1.29, 1.82) is 0 Å². The van der Waals surface area contributed by atoms with E-state index in [2.05, 4.69) is 11.9 Å². The van der Waals surface area contributed by atoms with Gasteiger partial charge >= 0.3 is 6.03 Å². The third kappa shape index (κ3) is 6.15. The summed E-state index contributed by atoms with van der Waals surface area (Å²) in [4.78, 5) is 41.1. The minimum Gasteiger partial charge on any atom is -0.398 e. The minimum absolute atomic E-state index is 0.0342. The maximum atomic E-state index is 13.7. The molecule has 10 nitrogen and oxygen atoms in total. The molecule has 0 bridgehead atoms. The van der Waals surface area contributed by atoms with E-state index < -0.39 is 33.4 Å². The average Bonchev–Trinajstić information content (AvgIpc) is 3.69. The summed E-state index contributed by atoms with van der Waals surface area (Å²) in [6.07, 6.45) is 2.18.